The van der Waals surface area contributed by atoms with Crippen molar-refractivity contribution in [2.75, 3.05) is 19.6 Å². The van der Waals surface area contributed by atoms with Crippen LogP contribution in [0.5, 0.6) is 0 Å². The van der Waals surface area contributed by atoms with Crippen molar-refractivity contribution in [2.24, 2.45) is 11.8 Å². The van der Waals surface area contributed by atoms with Crippen molar-refractivity contribution < 1.29 is 4.79 Å². The lowest BCUT2D eigenvalue weighted by Gasteiger charge is -2.25. The van der Waals surface area contributed by atoms with Crippen molar-refractivity contribution in [3.63, 3.8) is 0 Å². The molecule has 3 aliphatic rings. The molecule has 3 heterocycles. The Morgan fingerprint density at radius 2 is 2.20 bits per heavy atom. The third kappa shape index (κ3) is 1.89. The molecular formula is C15H20ClN3O. The van der Waals surface area contributed by atoms with Crippen molar-refractivity contribution in [1.29, 1.82) is 0 Å². The summed E-state index contributed by atoms with van der Waals surface area (Å²) in [6.45, 7) is 5.15. The second-order valence-corrected chi connectivity index (χ2v) is 6.90. The maximum absolute atomic E-state index is 12.9. The SMILES string of the molecule is CC1C2CNCC2CN1C(=O)c1cc(Cl)cn1C1CC1. The van der Waals surface area contributed by atoms with E-state index in [1.807, 2.05) is 12.3 Å². The maximum Gasteiger partial charge on any atom is 0.270 e. The molecule has 1 N–H and O–H groups in total. The highest BCUT2D eigenvalue weighted by molar-refractivity contribution is 6.31. The highest BCUT2D eigenvalue weighted by Gasteiger charge is 2.44. The molecule has 1 aliphatic carbocycles. The van der Waals surface area contributed by atoms with Crippen LogP contribution in [-0.2, 0) is 0 Å². The molecule has 20 heavy (non-hydrogen) atoms. The Kier molecular flexibility index (Phi) is 2.86. The number of aromatic nitrogens is 1. The van der Waals surface area contributed by atoms with E-state index in [0.29, 0.717) is 28.9 Å². The number of halogens is 1. The summed E-state index contributed by atoms with van der Waals surface area (Å²) < 4.78 is 2.09. The van der Waals surface area contributed by atoms with E-state index in [-0.39, 0.29) is 5.91 Å². The van der Waals surface area contributed by atoms with Gasteiger partial charge in [-0.1, -0.05) is 11.6 Å². The van der Waals surface area contributed by atoms with Crippen molar-refractivity contribution in [1.82, 2.24) is 14.8 Å². The number of rotatable bonds is 2. The van der Waals surface area contributed by atoms with Crippen LogP contribution in [0.1, 0.15) is 36.3 Å². The third-order valence-corrected chi connectivity index (χ3v) is 5.38. The number of hydrogen-bond acceptors (Lipinski definition) is 2. The minimum absolute atomic E-state index is 0.158. The van der Waals surface area contributed by atoms with Crippen LogP contribution in [0.2, 0.25) is 5.02 Å². The molecule has 1 aromatic rings. The average Bonchev–Trinajstić information content (AvgIpc) is 2.90. The molecule has 3 unspecified atom stereocenters. The molecule has 0 bridgehead atoms. The quantitative estimate of drug-likeness (QED) is 0.907. The number of amides is 1. The molecule has 2 saturated heterocycles. The maximum atomic E-state index is 12.9. The largest absolute Gasteiger partial charge is 0.339 e. The van der Waals surface area contributed by atoms with Gasteiger partial charge in [0.2, 0.25) is 0 Å². The lowest BCUT2D eigenvalue weighted by molar-refractivity contribution is 0.0717. The van der Waals surface area contributed by atoms with Gasteiger partial charge in [0.25, 0.3) is 5.91 Å². The average molecular weight is 294 g/mol. The van der Waals surface area contributed by atoms with Gasteiger partial charge in [-0.25, -0.2) is 0 Å². The van der Waals surface area contributed by atoms with E-state index in [9.17, 15) is 4.79 Å². The van der Waals surface area contributed by atoms with Gasteiger partial charge in [0.05, 0.1) is 5.02 Å². The molecule has 3 fully saturated rings. The van der Waals surface area contributed by atoms with Gasteiger partial charge in [-0.2, -0.15) is 0 Å². The molecule has 0 radical (unpaired) electrons. The number of hydrogen-bond donors (Lipinski definition) is 1. The van der Waals surface area contributed by atoms with Gasteiger partial charge >= 0.3 is 0 Å². The van der Waals surface area contributed by atoms with Crippen LogP contribution < -0.4 is 5.32 Å². The Hall–Kier alpha value is -1.00. The lowest BCUT2D eigenvalue weighted by atomic mass is 9.95. The molecule has 2 aliphatic heterocycles. The molecule has 4 rings (SSSR count). The summed E-state index contributed by atoms with van der Waals surface area (Å²) in [5.74, 6) is 1.39. The molecule has 1 aromatic heterocycles. The molecule has 1 saturated carbocycles. The molecule has 4 nitrogen and oxygen atoms in total. The summed E-state index contributed by atoms with van der Waals surface area (Å²) in [6.07, 6.45) is 4.24. The van der Waals surface area contributed by atoms with E-state index in [0.717, 1.165) is 38.2 Å². The first-order valence-electron chi connectivity index (χ1n) is 7.54. The standard InChI is InChI=1S/C15H20ClN3O/c1-9-13-6-17-5-10(13)7-18(9)15(20)14-4-11(16)8-19(14)12-2-3-12/h4,8-10,12-13,17H,2-3,5-7H2,1H3. The van der Waals surface area contributed by atoms with Crippen molar-refractivity contribution in [3.05, 3.63) is 23.0 Å². The Balaban J connectivity index is 1.61. The third-order valence-electron chi connectivity index (χ3n) is 5.17. The number of likely N-dealkylation sites (tertiary alicyclic amines) is 1. The van der Waals surface area contributed by atoms with Gasteiger partial charge < -0.3 is 14.8 Å². The molecule has 3 atom stereocenters. The van der Waals surface area contributed by atoms with Gasteiger partial charge in [0.15, 0.2) is 0 Å². The Morgan fingerprint density at radius 3 is 2.90 bits per heavy atom. The van der Waals surface area contributed by atoms with E-state index >= 15 is 0 Å². The summed E-state index contributed by atoms with van der Waals surface area (Å²) >= 11 is 6.12. The second kappa shape index (κ2) is 4.50. The molecule has 1 amide bonds. The monoisotopic (exact) mass is 293 g/mol. The van der Waals surface area contributed by atoms with Crippen LogP contribution in [0.25, 0.3) is 0 Å². The van der Waals surface area contributed by atoms with E-state index in [1.54, 1.807) is 0 Å². The highest BCUT2D eigenvalue weighted by Crippen LogP contribution is 2.39. The van der Waals surface area contributed by atoms with Crippen LogP contribution in [-0.4, -0.2) is 41.1 Å². The van der Waals surface area contributed by atoms with E-state index < -0.39 is 0 Å². The van der Waals surface area contributed by atoms with Crippen LogP contribution in [0.15, 0.2) is 12.3 Å². The number of carbonyl (C=O) groups is 1. The first kappa shape index (κ1) is 12.7. The van der Waals surface area contributed by atoms with Gasteiger partial charge in [0.1, 0.15) is 5.69 Å². The zero-order valence-electron chi connectivity index (χ0n) is 11.7. The fourth-order valence-electron chi connectivity index (χ4n) is 3.85. The summed E-state index contributed by atoms with van der Waals surface area (Å²) in [5, 5.41) is 4.11. The van der Waals surface area contributed by atoms with Crippen molar-refractivity contribution >= 4 is 17.5 Å². The Labute approximate surface area is 124 Å². The molecule has 108 valence electrons. The van der Waals surface area contributed by atoms with E-state index in [4.69, 9.17) is 11.6 Å². The molecular weight excluding hydrogens is 274 g/mol. The van der Waals surface area contributed by atoms with Crippen molar-refractivity contribution in [3.8, 4) is 0 Å². The first-order valence-corrected chi connectivity index (χ1v) is 7.92. The Bertz CT molecular complexity index is 551. The van der Waals surface area contributed by atoms with Crippen LogP contribution in [0.4, 0.5) is 0 Å². The summed E-state index contributed by atoms with van der Waals surface area (Å²) in [4.78, 5) is 14.9. The zero-order valence-corrected chi connectivity index (χ0v) is 12.4. The normalized spacial score (nSPS) is 32.7. The number of nitrogens with zero attached hydrogens (tertiary/aromatic N) is 2. The molecule has 5 heteroatoms. The predicted molar refractivity (Wildman–Crippen MR) is 78.1 cm³/mol. The van der Waals surface area contributed by atoms with Crippen LogP contribution in [0, 0.1) is 11.8 Å². The first-order chi connectivity index (χ1) is 9.65. The highest BCUT2D eigenvalue weighted by atomic mass is 35.5. The van der Waals surface area contributed by atoms with E-state index in [2.05, 4.69) is 21.7 Å². The minimum atomic E-state index is 0.158. The fourth-order valence-corrected chi connectivity index (χ4v) is 4.06. The zero-order chi connectivity index (χ0) is 13.9. The summed E-state index contributed by atoms with van der Waals surface area (Å²) in [5.41, 5.74) is 0.775. The van der Waals surface area contributed by atoms with Gasteiger partial charge in [-0.05, 0) is 37.7 Å². The summed E-state index contributed by atoms with van der Waals surface area (Å²) in [6, 6.07) is 2.64. The van der Waals surface area contributed by atoms with Crippen molar-refractivity contribution in [2.45, 2.75) is 31.8 Å². The Morgan fingerprint density at radius 1 is 1.40 bits per heavy atom. The number of nitrogens with one attached hydrogen (secondary N) is 1. The molecule has 0 aromatic carbocycles. The van der Waals surface area contributed by atoms with E-state index in [1.165, 1.54) is 0 Å². The summed E-state index contributed by atoms with van der Waals surface area (Å²) in [7, 11) is 0. The number of fused-ring (bicyclic) bond motifs is 1. The van der Waals surface area contributed by atoms with Crippen LogP contribution >= 0.6 is 11.6 Å². The predicted octanol–water partition coefficient (Wildman–Crippen LogP) is 2.16. The fraction of sp³-hybridized carbons (Fsp3) is 0.667. The van der Waals surface area contributed by atoms with Gasteiger partial charge in [-0.3, -0.25) is 4.79 Å². The smallest absolute Gasteiger partial charge is 0.270 e. The van der Waals surface area contributed by atoms with Gasteiger partial charge in [-0.15, -0.1) is 0 Å². The van der Waals surface area contributed by atoms with Crippen LogP contribution in [0.3, 0.4) is 0 Å². The lowest BCUT2D eigenvalue weighted by Crippen LogP contribution is -2.38. The second-order valence-electron chi connectivity index (χ2n) is 6.46. The number of carbonyl (C=O) groups excluding carboxylic acids is 1. The van der Waals surface area contributed by atoms with Gasteiger partial charge in [0, 0.05) is 37.9 Å². The minimum Gasteiger partial charge on any atom is -0.339 e. The topological polar surface area (TPSA) is 37.3 Å². The molecule has 0 spiro atoms.